The van der Waals surface area contributed by atoms with Gasteiger partial charge < -0.3 is 0 Å². The molecule has 3 N–H and O–H groups in total. The molecule has 0 bridgehead atoms. The van der Waals surface area contributed by atoms with Crippen LogP contribution in [0, 0.1) is 6.92 Å². The van der Waals surface area contributed by atoms with Crippen LogP contribution in [0.4, 0.5) is 13.2 Å². The van der Waals surface area contributed by atoms with E-state index in [0.29, 0.717) is 12.8 Å². The summed E-state index contributed by atoms with van der Waals surface area (Å²) in [5, 5.41) is 0. The summed E-state index contributed by atoms with van der Waals surface area (Å²) in [6.07, 6.45) is -3.66. The summed E-state index contributed by atoms with van der Waals surface area (Å²) in [5.74, 6) is 5.37. The van der Waals surface area contributed by atoms with Crippen molar-refractivity contribution in [3.8, 4) is 0 Å². The molecule has 5 heteroatoms. The zero-order valence-corrected chi connectivity index (χ0v) is 10.4. The van der Waals surface area contributed by atoms with Gasteiger partial charge in [0.05, 0.1) is 0 Å². The van der Waals surface area contributed by atoms with E-state index in [1.165, 1.54) is 0 Å². The second kappa shape index (κ2) is 6.75. The number of aryl methyl sites for hydroxylation is 1. The van der Waals surface area contributed by atoms with Crippen LogP contribution in [0.15, 0.2) is 24.3 Å². The van der Waals surface area contributed by atoms with Crippen molar-refractivity contribution in [1.29, 1.82) is 0 Å². The fraction of sp³-hybridized carbons (Fsp3) is 0.538. The van der Waals surface area contributed by atoms with E-state index in [1.807, 2.05) is 31.2 Å². The lowest BCUT2D eigenvalue weighted by Gasteiger charge is -2.16. The first-order valence-electron chi connectivity index (χ1n) is 5.99. The molecule has 0 aliphatic heterocycles. The van der Waals surface area contributed by atoms with Gasteiger partial charge in [-0.2, -0.15) is 13.2 Å². The van der Waals surface area contributed by atoms with E-state index in [4.69, 9.17) is 5.84 Å². The Hall–Kier alpha value is -1.07. The van der Waals surface area contributed by atoms with Crippen LogP contribution in [0.1, 0.15) is 30.4 Å². The van der Waals surface area contributed by atoms with Crippen LogP contribution in [0.5, 0.6) is 0 Å². The molecule has 0 aliphatic rings. The number of nitrogens with one attached hydrogen (secondary N) is 1. The number of benzene rings is 1. The number of hydrogen-bond acceptors (Lipinski definition) is 2. The Morgan fingerprint density at radius 3 is 2.33 bits per heavy atom. The molecule has 0 saturated carbocycles. The van der Waals surface area contributed by atoms with E-state index in [9.17, 15) is 13.2 Å². The highest BCUT2D eigenvalue weighted by atomic mass is 19.4. The predicted molar refractivity (Wildman–Crippen MR) is 65.9 cm³/mol. The molecule has 18 heavy (non-hydrogen) atoms. The molecule has 1 rings (SSSR count). The number of nitrogens with two attached hydrogens (primary N) is 1. The molecular formula is C13H19F3N2. The molecular weight excluding hydrogens is 241 g/mol. The number of halogens is 3. The first-order chi connectivity index (χ1) is 8.40. The van der Waals surface area contributed by atoms with E-state index in [0.717, 1.165) is 11.1 Å². The molecule has 0 radical (unpaired) electrons. The van der Waals surface area contributed by atoms with Gasteiger partial charge in [0.25, 0.3) is 0 Å². The third-order valence-electron chi connectivity index (χ3n) is 2.85. The quantitative estimate of drug-likeness (QED) is 0.609. The van der Waals surface area contributed by atoms with E-state index in [-0.39, 0.29) is 12.5 Å². The van der Waals surface area contributed by atoms with Crippen LogP contribution in [0.3, 0.4) is 0 Å². The largest absolute Gasteiger partial charge is 0.389 e. The number of alkyl halides is 3. The second-order valence-corrected chi connectivity index (χ2v) is 4.56. The van der Waals surface area contributed by atoms with Gasteiger partial charge in [-0.25, -0.2) is 0 Å². The first-order valence-corrected chi connectivity index (χ1v) is 5.99. The third kappa shape index (κ3) is 6.02. The maximum atomic E-state index is 12.0. The van der Waals surface area contributed by atoms with Crippen LogP contribution < -0.4 is 11.3 Å². The van der Waals surface area contributed by atoms with Crippen molar-refractivity contribution in [2.24, 2.45) is 5.84 Å². The van der Waals surface area contributed by atoms with Crippen molar-refractivity contribution in [3.05, 3.63) is 35.4 Å². The van der Waals surface area contributed by atoms with Crippen molar-refractivity contribution in [2.75, 3.05) is 0 Å². The van der Waals surface area contributed by atoms with Crippen molar-refractivity contribution in [2.45, 2.75) is 44.8 Å². The standard InChI is InChI=1S/C13H19F3N2/c1-10-4-6-11(7-5-10)9-12(18-17)3-2-8-13(14,15)16/h4-7,12,18H,2-3,8-9,17H2,1H3. The fourth-order valence-electron chi connectivity index (χ4n) is 1.80. The molecule has 0 aliphatic carbocycles. The molecule has 0 aromatic heterocycles. The minimum atomic E-state index is -4.08. The summed E-state index contributed by atoms with van der Waals surface area (Å²) in [6, 6.07) is 7.81. The summed E-state index contributed by atoms with van der Waals surface area (Å²) in [4.78, 5) is 0. The maximum absolute atomic E-state index is 12.0. The topological polar surface area (TPSA) is 38.0 Å². The van der Waals surface area contributed by atoms with Gasteiger partial charge in [0, 0.05) is 12.5 Å². The van der Waals surface area contributed by atoms with E-state index in [1.54, 1.807) is 0 Å². The van der Waals surface area contributed by atoms with Gasteiger partial charge in [-0.1, -0.05) is 29.8 Å². The molecule has 0 amide bonds. The molecule has 1 atom stereocenters. The Labute approximate surface area is 105 Å². The SMILES string of the molecule is Cc1ccc(CC(CCCC(F)(F)F)NN)cc1. The molecule has 1 aromatic rings. The fourth-order valence-corrected chi connectivity index (χ4v) is 1.80. The first kappa shape index (κ1) is 15.0. The molecule has 0 spiro atoms. The molecule has 102 valence electrons. The minimum absolute atomic E-state index is 0.101. The Kier molecular flexibility index (Phi) is 5.62. The minimum Gasteiger partial charge on any atom is -0.271 e. The molecule has 0 saturated heterocycles. The van der Waals surface area contributed by atoms with Gasteiger partial charge in [0.15, 0.2) is 0 Å². The highest BCUT2D eigenvalue weighted by Crippen LogP contribution is 2.23. The van der Waals surface area contributed by atoms with Crippen LogP contribution in [0.2, 0.25) is 0 Å². The van der Waals surface area contributed by atoms with Crippen LogP contribution in [0.25, 0.3) is 0 Å². The maximum Gasteiger partial charge on any atom is 0.389 e. The average Bonchev–Trinajstić information content (AvgIpc) is 2.29. The van der Waals surface area contributed by atoms with Crippen molar-refractivity contribution < 1.29 is 13.2 Å². The lowest BCUT2D eigenvalue weighted by molar-refractivity contribution is -0.135. The zero-order valence-electron chi connectivity index (χ0n) is 10.4. The van der Waals surface area contributed by atoms with E-state index >= 15 is 0 Å². The molecule has 0 fully saturated rings. The van der Waals surface area contributed by atoms with Gasteiger partial charge in [0.1, 0.15) is 0 Å². The average molecular weight is 260 g/mol. The van der Waals surface area contributed by atoms with Gasteiger partial charge in [0.2, 0.25) is 0 Å². The summed E-state index contributed by atoms with van der Waals surface area (Å²) >= 11 is 0. The number of rotatable bonds is 6. The molecule has 1 aromatic carbocycles. The van der Waals surface area contributed by atoms with Crippen LogP contribution in [-0.4, -0.2) is 12.2 Å². The Bertz CT molecular complexity index is 346. The van der Waals surface area contributed by atoms with Gasteiger partial charge in [-0.05, 0) is 31.7 Å². The van der Waals surface area contributed by atoms with Crippen molar-refractivity contribution in [1.82, 2.24) is 5.43 Å². The Morgan fingerprint density at radius 2 is 1.83 bits per heavy atom. The Morgan fingerprint density at radius 1 is 1.22 bits per heavy atom. The molecule has 0 heterocycles. The molecule has 1 unspecified atom stereocenters. The highest BCUT2D eigenvalue weighted by Gasteiger charge is 2.26. The number of hydrazine groups is 1. The van der Waals surface area contributed by atoms with Crippen LogP contribution in [-0.2, 0) is 6.42 Å². The van der Waals surface area contributed by atoms with Gasteiger partial charge >= 0.3 is 6.18 Å². The van der Waals surface area contributed by atoms with E-state index in [2.05, 4.69) is 5.43 Å². The monoisotopic (exact) mass is 260 g/mol. The lowest BCUT2D eigenvalue weighted by Crippen LogP contribution is -2.36. The summed E-state index contributed by atoms with van der Waals surface area (Å²) in [5.41, 5.74) is 4.82. The van der Waals surface area contributed by atoms with E-state index < -0.39 is 12.6 Å². The summed E-state index contributed by atoms with van der Waals surface area (Å²) in [6.45, 7) is 1.99. The van der Waals surface area contributed by atoms with Gasteiger partial charge in [-0.15, -0.1) is 0 Å². The summed E-state index contributed by atoms with van der Waals surface area (Å²) in [7, 11) is 0. The van der Waals surface area contributed by atoms with Crippen LogP contribution >= 0.6 is 0 Å². The lowest BCUT2D eigenvalue weighted by atomic mass is 10.0. The second-order valence-electron chi connectivity index (χ2n) is 4.56. The Balaban J connectivity index is 2.40. The predicted octanol–water partition coefficient (Wildman–Crippen LogP) is 3.10. The third-order valence-corrected chi connectivity index (χ3v) is 2.85. The van der Waals surface area contributed by atoms with Crippen molar-refractivity contribution >= 4 is 0 Å². The number of hydrogen-bond donors (Lipinski definition) is 2. The summed E-state index contributed by atoms with van der Waals surface area (Å²) < 4.78 is 36.1. The van der Waals surface area contributed by atoms with Crippen molar-refractivity contribution in [3.63, 3.8) is 0 Å². The highest BCUT2D eigenvalue weighted by molar-refractivity contribution is 5.22. The smallest absolute Gasteiger partial charge is 0.271 e. The molecule has 2 nitrogen and oxygen atoms in total. The van der Waals surface area contributed by atoms with Gasteiger partial charge in [-0.3, -0.25) is 11.3 Å². The normalized spacial score (nSPS) is 13.6. The zero-order chi connectivity index (χ0) is 13.6.